The molecule has 5 N–H and O–H groups in total. The molecule has 0 aliphatic heterocycles. The SMILES string of the molecule is CC(C)(CNC(=O)NCC(F)(F)F)C(N)=NO. The van der Waals surface area contributed by atoms with E-state index in [1.807, 2.05) is 0 Å². The fourth-order valence-corrected chi connectivity index (χ4v) is 0.770. The summed E-state index contributed by atoms with van der Waals surface area (Å²) >= 11 is 0. The van der Waals surface area contributed by atoms with Gasteiger partial charge in [-0.1, -0.05) is 19.0 Å². The van der Waals surface area contributed by atoms with Gasteiger partial charge < -0.3 is 21.6 Å². The molecule has 2 amide bonds. The van der Waals surface area contributed by atoms with E-state index in [1.54, 1.807) is 19.2 Å². The van der Waals surface area contributed by atoms with Crippen LogP contribution in [0.1, 0.15) is 13.8 Å². The second-order valence-corrected chi connectivity index (χ2v) is 4.02. The molecular formula is C8H15F3N4O2. The molecule has 0 aromatic rings. The van der Waals surface area contributed by atoms with Gasteiger partial charge in [0.1, 0.15) is 12.4 Å². The van der Waals surface area contributed by atoms with E-state index in [2.05, 4.69) is 10.5 Å². The van der Waals surface area contributed by atoms with Gasteiger partial charge in [-0.2, -0.15) is 13.2 Å². The number of nitrogens with one attached hydrogen (secondary N) is 2. The minimum absolute atomic E-state index is 0.0629. The molecule has 0 saturated carbocycles. The van der Waals surface area contributed by atoms with Crippen LogP contribution in [0.5, 0.6) is 0 Å². The Labute approximate surface area is 96.0 Å². The van der Waals surface area contributed by atoms with Crippen molar-refractivity contribution in [1.82, 2.24) is 10.6 Å². The Morgan fingerprint density at radius 2 is 1.76 bits per heavy atom. The lowest BCUT2D eigenvalue weighted by Gasteiger charge is -2.23. The van der Waals surface area contributed by atoms with Crippen LogP contribution in [0, 0.1) is 5.41 Å². The summed E-state index contributed by atoms with van der Waals surface area (Å²) < 4.78 is 35.3. The second-order valence-electron chi connectivity index (χ2n) is 4.02. The molecule has 0 atom stereocenters. The summed E-state index contributed by atoms with van der Waals surface area (Å²) in [6.45, 7) is 1.65. The van der Waals surface area contributed by atoms with Crippen molar-refractivity contribution in [1.29, 1.82) is 0 Å². The van der Waals surface area contributed by atoms with E-state index < -0.39 is 24.2 Å². The van der Waals surface area contributed by atoms with Gasteiger partial charge in [-0.3, -0.25) is 0 Å². The number of carbonyl (C=O) groups excluding carboxylic acids is 1. The molecule has 0 bridgehead atoms. The lowest BCUT2D eigenvalue weighted by molar-refractivity contribution is -0.122. The van der Waals surface area contributed by atoms with Gasteiger partial charge in [-0.15, -0.1) is 0 Å². The first kappa shape index (κ1) is 15.3. The van der Waals surface area contributed by atoms with Gasteiger partial charge in [0.15, 0.2) is 0 Å². The number of nitrogens with two attached hydrogens (primary N) is 1. The summed E-state index contributed by atoms with van der Waals surface area (Å²) in [5.41, 5.74) is 4.47. The van der Waals surface area contributed by atoms with E-state index in [4.69, 9.17) is 10.9 Å². The zero-order valence-electron chi connectivity index (χ0n) is 9.43. The fraction of sp³-hybridized carbons (Fsp3) is 0.750. The van der Waals surface area contributed by atoms with Crippen LogP contribution < -0.4 is 16.4 Å². The van der Waals surface area contributed by atoms with E-state index in [1.165, 1.54) is 0 Å². The predicted molar refractivity (Wildman–Crippen MR) is 54.6 cm³/mol. The number of hydrogen-bond acceptors (Lipinski definition) is 3. The van der Waals surface area contributed by atoms with Gasteiger partial charge in [0, 0.05) is 12.0 Å². The largest absolute Gasteiger partial charge is 0.409 e. The topological polar surface area (TPSA) is 99.7 Å². The zero-order valence-corrected chi connectivity index (χ0v) is 9.43. The second kappa shape index (κ2) is 5.60. The number of halogens is 3. The standard InChI is InChI=1S/C8H15F3N4O2/c1-7(2,5(12)15-17)3-13-6(16)14-4-8(9,10)11/h17H,3-4H2,1-2H3,(H2,12,15)(H2,13,14,16). The number of hydrogen-bond donors (Lipinski definition) is 4. The minimum Gasteiger partial charge on any atom is -0.409 e. The van der Waals surface area contributed by atoms with Crippen molar-refractivity contribution in [3.8, 4) is 0 Å². The van der Waals surface area contributed by atoms with E-state index in [-0.39, 0.29) is 12.4 Å². The van der Waals surface area contributed by atoms with E-state index in [9.17, 15) is 18.0 Å². The van der Waals surface area contributed by atoms with Crippen molar-refractivity contribution in [2.45, 2.75) is 20.0 Å². The third-order valence-corrected chi connectivity index (χ3v) is 1.94. The first-order chi connectivity index (χ1) is 7.58. The van der Waals surface area contributed by atoms with Gasteiger partial charge in [0.05, 0.1) is 0 Å². The normalized spacial score (nSPS) is 13.4. The van der Waals surface area contributed by atoms with Crippen molar-refractivity contribution in [2.24, 2.45) is 16.3 Å². The quantitative estimate of drug-likeness (QED) is 0.257. The Balaban J connectivity index is 4.09. The molecule has 0 radical (unpaired) electrons. The molecule has 0 aliphatic rings. The Morgan fingerprint density at radius 3 is 2.18 bits per heavy atom. The van der Waals surface area contributed by atoms with Crippen LogP contribution in [0.4, 0.5) is 18.0 Å². The number of urea groups is 1. The summed E-state index contributed by atoms with van der Waals surface area (Å²) in [4.78, 5) is 11.0. The van der Waals surface area contributed by atoms with Crippen molar-refractivity contribution in [2.75, 3.05) is 13.1 Å². The fourth-order valence-electron chi connectivity index (χ4n) is 0.770. The van der Waals surface area contributed by atoms with Gasteiger partial charge in [0.2, 0.25) is 0 Å². The number of oxime groups is 1. The predicted octanol–water partition coefficient (Wildman–Crippen LogP) is 0.621. The average molecular weight is 256 g/mol. The highest BCUT2D eigenvalue weighted by Gasteiger charge is 2.28. The molecule has 0 saturated heterocycles. The molecule has 6 nitrogen and oxygen atoms in total. The highest BCUT2D eigenvalue weighted by molar-refractivity contribution is 5.86. The number of alkyl halides is 3. The highest BCUT2D eigenvalue weighted by atomic mass is 19.4. The molecule has 17 heavy (non-hydrogen) atoms. The highest BCUT2D eigenvalue weighted by Crippen LogP contribution is 2.14. The van der Waals surface area contributed by atoms with E-state index in [0.717, 1.165) is 0 Å². The maximum Gasteiger partial charge on any atom is 0.405 e. The van der Waals surface area contributed by atoms with Crippen LogP contribution in [0.2, 0.25) is 0 Å². The van der Waals surface area contributed by atoms with Crippen LogP contribution in [0.3, 0.4) is 0 Å². The third-order valence-electron chi connectivity index (χ3n) is 1.94. The smallest absolute Gasteiger partial charge is 0.405 e. The third kappa shape index (κ3) is 6.48. The van der Waals surface area contributed by atoms with Crippen LogP contribution in [-0.2, 0) is 0 Å². The van der Waals surface area contributed by atoms with Gasteiger partial charge in [-0.25, -0.2) is 4.79 Å². The summed E-state index contributed by atoms with van der Waals surface area (Å²) in [6.07, 6.45) is -4.46. The number of rotatable bonds is 4. The maximum absolute atomic E-state index is 11.8. The molecule has 0 unspecified atom stereocenters. The van der Waals surface area contributed by atoms with Gasteiger partial charge >= 0.3 is 12.2 Å². The zero-order chi connectivity index (χ0) is 13.7. The molecule has 0 heterocycles. The Hall–Kier alpha value is -1.67. The van der Waals surface area contributed by atoms with E-state index >= 15 is 0 Å². The molecule has 0 aromatic carbocycles. The first-order valence-corrected chi connectivity index (χ1v) is 4.65. The molecule has 100 valence electrons. The number of nitrogens with zero attached hydrogens (tertiary/aromatic N) is 1. The Bertz CT molecular complexity index is 302. The van der Waals surface area contributed by atoms with Crippen molar-refractivity contribution in [3.63, 3.8) is 0 Å². The van der Waals surface area contributed by atoms with Crippen LogP contribution in [0.25, 0.3) is 0 Å². The molecule has 0 spiro atoms. The van der Waals surface area contributed by atoms with Crippen LogP contribution in [-0.4, -0.2) is 36.3 Å². The number of amidine groups is 1. The lowest BCUT2D eigenvalue weighted by Crippen LogP contribution is -2.47. The molecule has 0 aromatic heterocycles. The lowest BCUT2D eigenvalue weighted by atomic mass is 9.92. The average Bonchev–Trinajstić information content (AvgIpc) is 2.21. The maximum atomic E-state index is 11.8. The summed E-state index contributed by atoms with van der Waals surface area (Å²) in [5, 5.41) is 15.0. The Morgan fingerprint density at radius 1 is 1.29 bits per heavy atom. The molecule has 9 heteroatoms. The first-order valence-electron chi connectivity index (χ1n) is 4.65. The molecule has 0 aliphatic carbocycles. The summed E-state index contributed by atoms with van der Waals surface area (Å²) in [7, 11) is 0. The van der Waals surface area contributed by atoms with Crippen LogP contribution >= 0.6 is 0 Å². The van der Waals surface area contributed by atoms with Crippen molar-refractivity contribution in [3.05, 3.63) is 0 Å². The number of amides is 2. The Kier molecular flexibility index (Phi) is 5.05. The van der Waals surface area contributed by atoms with Gasteiger partial charge in [-0.05, 0) is 0 Å². The van der Waals surface area contributed by atoms with Crippen molar-refractivity contribution >= 4 is 11.9 Å². The summed E-state index contributed by atoms with van der Waals surface area (Å²) in [5.74, 6) is -0.131. The molecule has 0 fully saturated rings. The summed E-state index contributed by atoms with van der Waals surface area (Å²) in [6, 6.07) is -0.971. The monoisotopic (exact) mass is 256 g/mol. The van der Waals surface area contributed by atoms with Crippen LogP contribution in [0.15, 0.2) is 5.16 Å². The van der Waals surface area contributed by atoms with Gasteiger partial charge in [0.25, 0.3) is 0 Å². The number of carbonyl (C=O) groups is 1. The molecule has 0 rings (SSSR count). The van der Waals surface area contributed by atoms with Crippen molar-refractivity contribution < 1.29 is 23.2 Å². The minimum atomic E-state index is -4.46. The van der Waals surface area contributed by atoms with E-state index in [0.29, 0.717) is 0 Å². The molecular weight excluding hydrogens is 241 g/mol.